The van der Waals surface area contributed by atoms with E-state index in [-0.39, 0.29) is 22.4 Å². The summed E-state index contributed by atoms with van der Waals surface area (Å²) in [5, 5.41) is 0. The molecule has 1 heterocycles. The van der Waals surface area contributed by atoms with Crippen molar-refractivity contribution in [2.45, 2.75) is 58.5 Å². The first-order valence-electron chi connectivity index (χ1n) is 13.4. The van der Waals surface area contributed by atoms with E-state index in [2.05, 4.69) is 13.0 Å². The van der Waals surface area contributed by atoms with Crippen LogP contribution in [0.2, 0.25) is 0 Å². The van der Waals surface area contributed by atoms with Crippen molar-refractivity contribution in [3.63, 3.8) is 0 Å². The predicted octanol–water partition coefficient (Wildman–Crippen LogP) is 9.58. The molecule has 2 atom stereocenters. The van der Waals surface area contributed by atoms with Crippen LogP contribution >= 0.6 is 0 Å². The minimum Gasteiger partial charge on any atom is -0.490 e. The molecule has 0 radical (unpaired) electrons. The van der Waals surface area contributed by atoms with Gasteiger partial charge >= 0.3 is 0 Å². The number of halogens is 4. The van der Waals surface area contributed by atoms with Gasteiger partial charge in [0, 0.05) is 22.6 Å². The number of hydrogen-bond donors (Lipinski definition) is 0. The van der Waals surface area contributed by atoms with E-state index in [0.29, 0.717) is 36.7 Å². The number of allylic oxidation sites excluding steroid dienone is 1. The summed E-state index contributed by atoms with van der Waals surface area (Å²) in [5.41, 5.74) is 1.23. The SMILES string of the molecule is C/C=C/C1CCC(c2ccc(-c3ccc(-c4ccc(OCCCCCC)c(F)c4F)cc3)c(F)c2F)OC1. The van der Waals surface area contributed by atoms with Crippen molar-refractivity contribution in [3.05, 3.63) is 89.5 Å². The van der Waals surface area contributed by atoms with Crippen LogP contribution in [0.3, 0.4) is 0 Å². The monoisotopic (exact) mass is 526 g/mol. The van der Waals surface area contributed by atoms with Gasteiger partial charge in [0.15, 0.2) is 23.2 Å². The van der Waals surface area contributed by atoms with Crippen LogP contribution in [0.1, 0.15) is 64.0 Å². The van der Waals surface area contributed by atoms with E-state index in [1.54, 1.807) is 30.3 Å². The average Bonchev–Trinajstić information content (AvgIpc) is 2.93. The zero-order valence-corrected chi connectivity index (χ0v) is 21.9. The van der Waals surface area contributed by atoms with Crippen LogP contribution in [0, 0.1) is 29.2 Å². The Morgan fingerprint density at radius 3 is 2.05 bits per heavy atom. The van der Waals surface area contributed by atoms with Crippen molar-refractivity contribution in [2.75, 3.05) is 13.2 Å². The number of ether oxygens (including phenoxy) is 2. The van der Waals surface area contributed by atoms with E-state index < -0.39 is 29.4 Å². The zero-order valence-electron chi connectivity index (χ0n) is 21.9. The molecule has 0 spiro atoms. The zero-order chi connectivity index (χ0) is 27.1. The van der Waals surface area contributed by atoms with E-state index in [1.165, 1.54) is 18.2 Å². The molecule has 1 aliphatic heterocycles. The molecule has 0 aromatic heterocycles. The predicted molar refractivity (Wildman–Crippen MR) is 143 cm³/mol. The van der Waals surface area contributed by atoms with E-state index >= 15 is 8.78 Å². The third-order valence-corrected chi connectivity index (χ3v) is 7.04. The van der Waals surface area contributed by atoms with Crippen molar-refractivity contribution >= 4 is 0 Å². The second kappa shape index (κ2) is 13.1. The maximum Gasteiger partial charge on any atom is 0.201 e. The average molecular weight is 527 g/mol. The van der Waals surface area contributed by atoms with Gasteiger partial charge in [0.05, 0.1) is 19.3 Å². The van der Waals surface area contributed by atoms with Gasteiger partial charge in [-0.3, -0.25) is 0 Å². The molecular weight excluding hydrogens is 492 g/mol. The van der Waals surface area contributed by atoms with E-state index in [1.807, 2.05) is 13.0 Å². The second-order valence-electron chi connectivity index (χ2n) is 9.74. The molecule has 0 N–H and O–H groups in total. The first-order chi connectivity index (χ1) is 18.4. The van der Waals surface area contributed by atoms with Gasteiger partial charge < -0.3 is 9.47 Å². The Labute approximate surface area is 222 Å². The van der Waals surface area contributed by atoms with E-state index in [4.69, 9.17) is 9.47 Å². The van der Waals surface area contributed by atoms with Gasteiger partial charge in [0.2, 0.25) is 5.82 Å². The number of benzene rings is 3. The fourth-order valence-electron chi connectivity index (χ4n) is 4.88. The summed E-state index contributed by atoms with van der Waals surface area (Å²) in [6, 6.07) is 12.3. The minimum absolute atomic E-state index is 0.0695. The Morgan fingerprint density at radius 1 is 0.789 bits per heavy atom. The molecule has 2 unspecified atom stereocenters. The summed E-state index contributed by atoms with van der Waals surface area (Å²) in [5.74, 6) is -3.73. The van der Waals surface area contributed by atoms with Crippen LogP contribution < -0.4 is 4.74 Å². The highest BCUT2D eigenvalue weighted by molar-refractivity contribution is 5.71. The molecule has 0 amide bonds. The molecule has 0 saturated carbocycles. The van der Waals surface area contributed by atoms with Crippen LogP contribution in [0.15, 0.2) is 60.7 Å². The van der Waals surface area contributed by atoms with Crippen molar-refractivity contribution in [3.8, 4) is 28.0 Å². The van der Waals surface area contributed by atoms with Gasteiger partial charge in [-0.05, 0) is 49.4 Å². The highest BCUT2D eigenvalue weighted by atomic mass is 19.2. The summed E-state index contributed by atoms with van der Waals surface area (Å²) in [7, 11) is 0. The number of rotatable bonds is 10. The van der Waals surface area contributed by atoms with Crippen molar-refractivity contribution < 1.29 is 27.0 Å². The molecule has 2 nitrogen and oxygen atoms in total. The lowest BCUT2D eigenvalue weighted by atomic mass is 9.92. The summed E-state index contributed by atoms with van der Waals surface area (Å²) >= 11 is 0. The number of unbranched alkanes of at least 4 members (excludes halogenated alkanes) is 3. The fraction of sp³-hybridized carbons (Fsp3) is 0.375. The van der Waals surface area contributed by atoms with Crippen LogP contribution in [0.4, 0.5) is 17.6 Å². The van der Waals surface area contributed by atoms with Crippen LogP contribution in [-0.4, -0.2) is 13.2 Å². The molecule has 38 heavy (non-hydrogen) atoms. The number of hydrogen-bond acceptors (Lipinski definition) is 2. The first-order valence-corrected chi connectivity index (χ1v) is 13.4. The molecule has 3 aromatic carbocycles. The molecule has 0 bridgehead atoms. The molecule has 1 aliphatic rings. The quantitative estimate of drug-likeness (QED) is 0.149. The maximum atomic E-state index is 15.1. The molecule has 0 aliphatic carbocycles. The molecular formula is C32H34F4O2. The molecule has 3 aromatic rings. The van der Waals surface area contributed by atoms with Gasteiger partial charge in [-0.15, -0.1) is 0 Å². The van der Waals surface area contributed by atoms with Gasteiger partial charge in [-0.2, -0.15) is 4.39 Å². The summed E-state index contributed by atoms with van der Waals surface area (Å²) in [4.78, 5) is 0. The Bertz CT molecular complexity index is 1250. The lowest BCUT2D eigenvalue weighted by Gasteiger charge is -2.28. The molecule has 6 heteroatoms. The minimum atomic E-state index is -1.03. The molecule has 4 rings (SSSR count). The molecule has 1 fully saturated rings. The second-order valence-corrected chi connectivity index (χ2v) is 9.74. The van der Waals surface area contributed by atoms with Crippen molar-refractivity contribution in [2.24, 2.45) is 5.92 Å². The van der Waals surface area contributed by atoms with E-state index in [9.17, 15) is 8.78 Å². The Morgan fingerprint density at radius 2 is 1.45 bits per heavy atom. The van der Waals surface area contributed by atoms with Gasteiger partial charge in [-0.25, -0.2) is 13.2 Å². The highest BCUT2D eigenvalue weighted by Crippen LogP contribution is 2.37. The standard InChI is InChI=1S/C32H34F4O2/c1-3-5-6-7-19-37-28-18-16-25(30(34)32(28)36)23-12-10-22(11-13-23)24-14-15-26(31(35)29(24)33)27-17-9-21(8-4-2)20-38-27/h4,8,10-16,18,21,27H,3,5-7,9,17,19-20H2,1-2H3/b8-4+. The Kier molecular flexibility index (Phi) is 9.62. The summed E-state index contributed by atoms with van der Waals surface area (Å²) in [6.07, 6.45) is 8.93. The highest BCUT2D eigenvalue weighted by Gasteiger charge is 2.26. The normalized spacial score (nSPS) is 17.7. The smallest absolute Gasteiger partial charge is 0.201 e. The topological polar surface area (TPSA) is 18.5 Å². The Hall–Kier alpha value is -3.12. The first kappa shape index (κ1) is 27.9. The van der Waals surface area contributed by atoms with Gasteiger partial charge in [0.1, 0.15) is 0 Å². The van der Waals surface area contributed by atoms with Gasteiger partial charge in [-0.1, -0.05) is 74.7 Å². The Balaban J connectivity index is 1.48. The van der Waals surface area contributed by atoms with Crippen molar-refractivity contribution in [1.29, 1.82) is 0 Å². The van der Waals surface area contributed by atoms with Crippen molar-refractivity contribution in [1.82, 2.24) is 0 Å². The fourth-order valence-corrected chi connectivity index (χ4v) is 4.88. The van der Waals surface area contributed by atoms with Crippen LogP contribution in [0.25, 0.3) is 22.3 Å². The summed E-state index contributed by atoms with van der Waals surface area (Å²) < 4.78 is 70.8. The molecule has 202 valence electrons. The third kappa shape index (κ3) is 6.29. The van der Waals surface area contributed by atoms with Crippen LogP contribution in [-0.2, 0) is 4.74 Å². The maximum absolute atomic E-state index is 15.1. The largest absolute Gasteiger partial charge is 0.490 e. The van der Waals surface area contributed by atoms with E-state index in [0.717, 1.165) is 32.1 Å². The lowest BCUT2D eigenvalue weighted by Crippen LogP contribution is -2.20. The third-order valence-electron chi connectivity index (χ3n) is 7.04. The van der Waals surface area contributed by atoms with Gasteiger partial charge in [0.25, 0.3) is 0 Å². The lowest BCUT2D eigenvalue weighted by molar-refractivity contribution is -0.00743. The van der Waals surface area contributed by atoms with Crippen LogP contribution in [0.5, 0.6) is 5.75 Å². The molecule has 1 saturated heterocycles. The summed E-state index contributed by atoms with van der Waals surface area (Å²) in [6.45, 7) is 4.85.